The van der Waals surface area contributed by atoms with E-state index in [1.165, 1.54) is 19.3 Å². The predicted molar refractivity (Wildman–Crippen MR) is 84.7 cm³/mol. The minimum absolute atomic E-state index is 0.114. The van der Waals surface area contributed by atoms with E-state index in [0.717, 1.165) is 12.0 Å². The summed E-state index contributed by atoms with van der Waals surface area (Å²) in [6.07, 6.45) is 6.97. The Bertz CT molecular complexity index is 436. The molecule has 0 saturated heterocycles. The van der Waals surface area contributed by atoms with E-state index in [9.17, 15) is 4.79 Å². The number of amides is 1. The van der Waals surface area contributed by atoms with Crippen LogP contribution in [0.2, 0.25) is 0 Å². The molecule has 0 heterocycles. The summed E-state index contributed by atoms with van der Waals surface area (Å²) in [6.45, 7) is 5.45. The smallest absolute Gasteiger partial charge is 0.407 e. The van der Waals surface area contributed by atoms with Gasteiger partial charge in [-0.15, -0.1) is 0 Å². The molecule has 0 spiro atoms. The topological polar surface area (TPSA) is 38.3 Å². The van der Waals surface area contributed by atoms with E-state index < -0.39 is 0 Å². The van der Waals surface area contributed by atoms with Crippen molar-refractivity contribution in [3.63, 3.8) is 0 Å². The lowest BCUT2D eigenvalue weighted by Crippen LogP contribution is -2.39. The summed E-state index contributed by atoms with van der Waals surface area (Å²) in [5.74, 6) is 0.653. The lowest BCUT2D eigenvalue weighted by molar-refractivity contribution is 0.123. The summed E-state index contributed by atoms with van der Waals surface area (Å²) in [5.41, 5.74) is 1.12. The molecule has 2 rings (SSSR count). The minimum Gasteiger partial charge on any atom is -0.445 e. The molecule has 3 nitrogen and oxygen atoms in total. The van der Waals surface area contributed by atoms with Crippen molar-refractivity contribution in [3.05, 3.63) is 42.3 Å². The second kappa shape index (κ2) is 7.48. The van der Waals surface area contributed by atoms with Crippen molar-refractivity contribution in [2.45, 2.75) is 46.1 Å². The third-order valence-corrected chi connectivity index (χ3v) is 4.42. The van der Waals surface area contributed by atoms with Crippen LogP contribution in [0.1, 0.15) is 45.1 Å². The lowest BCUT2D eigenvalue weighted by Gasteiger charge is -2.36. The first-order valence-electron chi connectivity index (χ1n) is 7.84. The number of rotatable bonds is 5. The van der Waals surface area contributed by atoms with E-state index >= 15 is 0 Å². The van der Waals surface area contributed by atoms with E-state index in [1.54, 1.807) is 0 Å². The maximum absolute atomic E-state index is 11.8. The van der Waals surface area contributed by atoms with E-state index in [-0.39, 0.29) is 11.5 Å². The monoisotopic (exact) mass is 288 g/mol. The molecule has 1 aliphatic rings. The summed E-state index contributed by atoms with van der Waals surface area (Å²) < 4.78 is 5.25. The molecule has 115 valence electrons. The number of benzene rings is 1. The molecule has 1 radical (unpaired) electrons. The van der Waals surface area contributed by atoms with Crippen molar-refractivity contribution in [1.82, 2.24) is 5.32 Å². The molecule has 21 heavy (non-hydrogen) atoms. The van der Waals surface area contributed by atoms with Gasteiger partial charge < -0.3 is 10.1 Å². The molecule has 1 N–H and O–H groups in total. The molecule has 0 aromatic heterocycles. The van der Waals surface area contributed by atoms with Gasteiger partial charge in [-0.2, -0.15) is 0 Å². The highest BCUT2D eigenvalue weighted by atomic mass is 16.5. The number of carbonyl (C=O) groups excluding carboxylic acids is 1. The zero-order valence-corrected chi connectivity index (χ0v) is 13.1. The Labute approximate surface area is 128 Å². The van der Waals surface area contributed by atoms with Crippen LogP contribution in [0.5, 0.6) is 0 Å². The van der Waals surface area contributed by atoms with Gasteiger partial charge in [-0.05, 0) is 36.2 Å². The summed E-state index contributed by atoms with van der Waals surface area (Å²) in [6, 6.07) is 9.75. The Morgan fingerprint density at radius 3 is 2.76 bits per heavy atom. The Balaban J connectivity index is 1.72. The van der Waals surface area contributed by atoms with Gasteiger partial charge in [0.05, 0.1) is 0 Å². The molecule has 1 fully saturated rings. The van der Waals surface area contributed by atoms with E-state index in [0.29, 0.717) is 19.1 Å². The average Bonchev–Trinajstić information content (AvgIpc) is 2.53. The average molecular weight is 288 g/mol. The third-order valence-electron chi connectivity index (χ3n) is 4.42. The maximum Gasteiger partial charge on any atom is 0.407 e. The van der Waals surface area contributed by atoms with Gasteiger partial charge in [0, 0.05) is 6.54 Å². The number of hydrogen-bond acceptors (Lipinski definition) is 2. The van der Waals surface area contributed by atoms with Gasteiger partial charge in [-0.25, -0.2) is 4.79 Å². The number of alkyl carbamates (subject to hydrolysis) is 1. The largest absolute Gasteiger partial charge is 0.445 e. The Morgan fingerprint density at radius 2 is 2.10 bits per heavy atom. The van der Waals surface area contributed by atoms with Crippen molar-refractivity contribution >= 4 is 6.09 Å². The molecular weight excluding hydrogens is 262 g/mol. The summed E-state index contributed by atoms with van der Waals surface area (Å²) in [5, 5.41) is 2.92. The minimum atomic E-state index is -0.327. The van der Waals surface area contributed by atoms with Gasteiger partial charge in [0.15, 0.2) is 0 Å². The van der Waals surface area contributed by atoms with E-state index in [2.05, 4.69) is 25.6 Å². The van der Waals surface area contributed by atoms with Gasteiger partial charge in [-0.3, -0.25) is 0 Å². The van der Waals surface area contributed by atoms with Crippen molar-refractivity contribution in [3.8, 4) is 0 Å². The van der Waals surface area contributed by atoms with Crippen LogP contribution in [0, 0.1) is 17.8 Å². The van der Waals surface area contributed by atoms with Crippen LogP contribution >= 0.6 is 0 Å². The van der Waals surface area contributed by atoms with Crippen molar-refractivity contribution in [2.75, 3.05) is 6.54 Å². The molecule has 1 unspecified atom stereocenters. The Morgan fingerprint density at radius 1 is 1.33 bits per heavy atom. The zero-order chi connectivity index (χ0) is 15.1. The Kier molecular flexibility index (Phi) is 5.66. The number of hydrogen-bond donors (Lipinski definition) is 1. The normalized spacial score (nSPS) is 16.5. The van der Waals surface area contributed by atoms with Crippen molar-refractivity contribution < 1.29 is 9.53 Å². The van der Waals surface area contributed by atoms with Crippen molar-refractivity contribution in [2.24, 2.45) is 11.3 Å². The standard InChI is InChI=1S/C18H26NO2/c1-18(2,16-11-7-4-8-12-16)14-19-17(20)21-13-15-9-5-3-6-10-15/h3,5-7,9-10,16H,4,8,11-14H2,1-2H3,(H,19,20). The zero-order valence-electron chi connectivity index (χ0n) is 13.1. The van der Waals surface area contributed by atoms with Crippen LogP contribution < -0.4 is 5.32 Å². The fourth-order valence-electron chi connectivity index (χ4n) is 2.87. The SMILES string of the molecule is CC(C)(CNC(=O)OCc1ccccc1)C1C[CH]CCC1. The highest BCUT2D eigenvalue weighted by Gasteiger charge is 2.31. The Hall–Kier alpha value is -1.51. The molecule has 1 aliphatic carbocycles. The number of carbonyl (C=O) groups is 1. The fourth-order valence-corrected chi connectivity index (χ4v) is 2.87. The van der Waals surface area contributed by atoms with Crippen LogP contribution in [0.3, 0.4) is 0 Å². The van der Waals surface area contributed by atoms with Gasteiger partial charge in [-0.1, -0.05) is 57.0 Å². The van der Waals surface area contributed by atoms with Gasteiger partial charge in [0.2, 0.25) is 0 Å². The fraction of sp³-hybridized carbons (Fsp3) is 0.556. The van der Waals surface area contributed by atoms with Crippen LogP contribution in [0.4, 0.5) is 4.79 Å². The van der Waals surface area contributed by atoms with Gasteiger partial charge in [0.1, 0.15) is 6.61 Å². The molecule has 1 saturated carbocycles. The molecule has 3 heteroatoms. The molecule has 1 aromatic rings. The summed E-state index contributed by atoms with van der Waals surface area (Å²) in [7, 11) is 0. The molecule has 1 atom stereocenters. The van der Waals surface area contributed by atoms with Crippen LogP contribution in [-0.2, 0) is 11.3 Å². The molecular formula is C18H26NO2. The quantitative estimate of drug-likeness (QED) is 0.875. The first kappa shape index (κ1) is 15.9. The second-order valence-electron chi connectivity index (χ2n) is 6.56. The second-order valence-corrected chi connectivity index (χ2v) is 6.56. The van der Waals surface area contributed by atoms with Crippen LogP contribution in [-0.4, -0.2) is 12.6 Å². The summed E-state index contributed by atoms with van der Waals surface area (Å²) >= 11 is 0. The van der Waals surface area contributed by atoms with Gasteiger partial charge >= 0.3 is 6.09 Å². The third kappa shape index (κ3) is 5.07. The van der Waals surface area contributed by atoms with E-state index in [1.807, 2.05) is 30.3 Å². The van der Waals surface area contributed by atoms with Gasteiger partial charge in [0.25, 0.3) is 0 Å². The lowest BCUT2D eigenvalue weighted by atomic mass is 9.71. The van der Waals surface area contributed by atoms with Crippen molar-refractivity contribution in [1.29, 1.82) is 0 Å². The first-order valence-corrected chi connectivity index (χ1v) is 7.84. The highest BCUT2D eigenvalue weighted by Crippen LogP contribution is 2.37. The molecule has 0 bridgehead atoms. The van der Waals surface area contributed by atoms with E-state index in [4.69, 9.17) is 4.74 Å². The molecule has 1 amide bonds. The highest BCUT2D eigenvalue weighted by molar-refractivity contribution is 5.67. The number of nitrogens with one attached hydrogen (secondary N) is 1. The van der Waals surface area contributed by atoms with Crippen LogP contribution in [0.15, 0.2) is 30.3 Å². The summed E-state index contributed by atoms with van der Waals surface area (Å²) in [4.78, 5) is 11.8. The maximum atomic E-state index is 11.8. The van der Waals surface area contributed by atoms with Crippen LogP contribution in [0.25, 0.3) is 0 Å². The molecule has 1 aromatic carbocycles. The molecule has 0 aliphatic heterocycles. The number of ether oxygens (including phenoxy) is 1. The predicted octanol–water partition coefficient (Wildman–Crippen LogP) is 4.33. The first-order chi connectivity index (χ1) is 10.1.